The van der Waals surface area contributed by atoms with Crippen molar-refractivity contribution in [3.05, 3.63) is 0 Å². The van der Waals surface area contributed by atoms with Crippen molar-refractivity contribution in [1.29, 1.82) is 0 Å². The van der Waals surface area contributed by atoms with Crippen molar-refractivity contribution < 1.29 is 14.7 Å². The third-order valence-electron chi connectivity index (χ3n) is 5.65. The molecule has 0 heterocycles. The van der Waals surface area contributed by atoms with Gasteiger partial charge in [0.15, 0.2) is 0 Å². The third-order valence-corrected chi connectivity index (χ3v) is 5.65. The fourth-order valence-electron chi connectivity index (χ4n) is 3.65. The molecule has 0 spiro atoms. The molecule has 0 aliphatic carbocycles. The molecule has 0 aromatic rings. The van der Waals surface area contributed by atoms with Crippen molar-refractivity contribution in [3.8, 4) is 0 Å². The zero-order chi connectivity index (χ0) is 23.0. The topological polar surface area (TPSA) is 81.7 Å². The molecule has 6 heteroatoms. The van der Waals surface area contributed by atoms with E-state index in [4.69, 9.17) is 5.11 Å². The minimum atomic E-state index is 0.129. The smallest absolute Gasteiger partial charge is 0.220 e. The van der Waals surface area contributed by atoms with Crippen molar-refractivity contribution in [3.63, 3.8) is 0 Å². The van der Waals surface area contributed by atoms with Crippen molar-refractivity contribution >= 4 is 11.8 Å². The maximum atomic E-state index is 12.0. The number of unbranched alkanes of at least 4 members (excludes halogenated alkanes) is 10. The second-order valence-corrected chi connectivity index (χ2v) is 8.65. The Morgan fingerprint density at radius 3 is 1.45 bits per heavy atom. The number of aliphatic hydroxyl groups is 1. The maximum Gasteiger partial charge on any atom is 0.220 e. The zero-order valence-electron chi connectivity index (χ0n) is 20.6. The van der Waals surface area contributed by atoms with Gasteiger partial charge in [-0.15, -0.1) is 0 Å². The first-order valence-electron chi connectivity index (χ1n) is 13.0. The van der Waals surface area contributed by atoms with E-state index in [0.717, 1.165) is 45.3 Å². The number of nitrogens with one attached hydrogen (secondary N) is 2. The fraction of sp³-hybridized carbons (Fsp3) is 0.920. The summed E-state index contributed by atoms with van der Waals surface area (Å²) in [4.78, 5) is 26.2. The average Bonchev–Trinajstić information content (AvgIpc) is 2.76. The van der Waals surface area contributed by atoms with Crippen LogP contribution in [0.1, 0.15) is 110 Å². The van der Waals surface area contributed by atoms with Crippen molar-refractivity contribution in [2.24, 2.45) is 0 Å². The highest BCUT2D eigenvalue weighted by molar-refractivity contribution is 5.76. The summed E-state index contributed by atoms with van der Waals surface area (Å²) in [6, 6.07) is 0. The molecule has 31 heavy (non-hydrogen) atoms. The molecule has 0 bridgehead atoms. The van der Waals surface area contributed by atoms with Crippen LogP contribution < -0.4 is 10.6 Å². The molecule has 0 saturated heterocycles. The molecule has 0 saturated carbocycles. The Kier molecular flexibility index (Phi) is 22.7. The number of rotatable bonds is 23. The molecular weight excluding hydrogens is 390 g/mol. The Hall–Kier alpha value is -1.14. The van der Waals surface area contributed by atoms with Crippen molar-refractivity contribution in [1.82, 2.24) is 15.5 Å². The van der Waals surface area contributed by atoms with Gasteiger partial charge in [0.05, 0.1) is 0 Å². The molecule has 0 atom stereocenters. The van der Waals surface area contributed by atoms with Crippen LogP contribution in [-0.4, -0.2) is 61.2 Å². The summed E-state index contributed by atoms with van der Waals surface area (Å²) >= 11 is 0. The Morgan fingerprint density at radius 1 is 0.613 bits per heavy atom. The predicted octanol–water partition coefficient (Wildman–Crippen LogP) is 4.40. The van der Waals surface area contributed by atoms with E-state index in [-0.39, 0.29) is 18.4 Å². The van der Waals surface area contributed by atoms with E-state index in [0.29, 0.717) is 32.4 Å². The second kappa shape index (κ2) is 23.5. The minimum absolute atomic E-state index is 0.129. The van der Waals surface area contributed by atoms with E-state index in [1.54, 1.807) is 0 Å². The monoisotopic (exact) mass is 441 g/mol. The van der Waals surface area contributed by atoms with Crippen LogP contribution in [0.3, 0.4) is 0 Å². The molecule has 0 rings (SSSR count). The number of amides is 2. The highest BCUT2D eigenvalue weighted by atomic mass is 16.3. The largest absolute Gasteiger partial charge is 0.396 e. The van der Waals surface area contributed by atoms with E-state index in [1.165, 1.54) is 51.4 Å². The number of hydrogen-bond acceptors (Lipinski definition) is 4. The van der Waals surface area contributed by atoms with Crippen LogP contribution in [0.15, 0.2) is 0 Å². The number of nitrogens with zero attached hydrogens (tertiary/aromatic N) is 1. The van der Waals surface area contributed by atoms with Crippen molar-refractivity contribution in [2.45, 2.75) is 110 Å². The average molecular weight is 442 g/mol. The molecule has 184 valence electrons. The minimum Gasteiger partial charge on any atom is -0.396 e. The van der Waals surface area contributed by atoms with E-state index in [1.807, 2.05) is 0 Å². The normalized spacial score (nSPS) is 11.1. The van der Waals surface area contributed by atoms with Gasteiger partial charge in [0.2, 0.25) is 11.8 Å². The summed E-state index contributed by atoms with van der Waals surface area (Å²) < 4.78 is 0. The molecule has 0 aliphatic heterocycles. The van der Waals surface area contributed by atoms with E-state index in [9.17, 15) is 9.59 Å². The Labute approximate surface area is 191 Å². The van der Waals surface area contributed by atoms with Crippen LogP contribution in [0.5, 0.6) is 0 Å². The van der Waals surface area contributed by atoms with Gasteiger partial charge in [-0.3, -0.25) is 14.5 Å². The summed E-state index contributed by atoms with van der Waals surface area (Å²) in [5.74, 6) is 0.259. The molecule has 0 unspecified atom stereocenters. The van der Waals surface area contributed by atoms with Crippen LogP contribution >= 0.6 is 0 Å². The highest BCUT2D eigenvalue weighted by Gasteiger charge is 2.08. The molecule has 0 aromatic heterocycles. The third kappa shape index (κ3) is 21.9. The van der Waals surface area contributed by atoms with Crippen LogP contribution in [0.25, 0.3) is 0 Å². The molecule has 0 aromatic carbocycles. The molecule has 0 radical (unpaired) electrons. The number of aliphatic hydroxyl groups excluding tert-OH is 1. The van der Waals surface area contributed by atoms with Gasteiger partial charge in [-0.25, -0.2) is 0 Å². The van der Waals surface area contributed by atoms with E-state index < -0.39 is 0 Å². The second-order valence-electron chi connectivity index (χ2n) is 8.65. The van der Waals surface area contributed by atoms with Gasteiger partial charge in [-0.2, -0.15) is 0 Å². The van der Waals surface area contributed by atoms with Crippen LogP contribution in [0.4, 0.5) is 0 Å². The van der Waals surface area contributed by atoms with Gasteiger partial charge < -0.3 is 15.7 Å². The van der Waals surface area contributed by atoms with E-state index >= 15 is 0 Å². The summed E-state index contributed by atoms with van der Waals surface area (Å²) in [5, 5.41) is 15.1. The molecule has 3 N–H and O–H groups in total. The number of carbonyl (C=O) groups excluding carboxylic acids is 2. The first kappa shape index (κ1) is 29.9. The lowest BCUT2D eigenvalue weighted by atomic mass is 10.1. The van der Waals surface area contributed by atoms with E-state index in [2.05, 4.69) is 29.4 Å². The number of hydrogen-bond donors (Lipinski definition) is 3. The van der Waals surface area contributed by atoms with Crippen molar-refractivity contribution in [2.75, 3.05) is 39.3 Å². The van der Waals surface area contributed by atoms with Crippen LogP contribution in [0, 0.1) is 0 Å². The Morgan fingerprint density at radius 2 is 1.03 bits per heavy atom. The molecule has 2 amide bonds. The molecule has 0 aliphatic rings. The van der Waals surface area contributed by atoms with Gasteiger partial charge in [-0.1, -0.05) is 78.1 Å². The standard InChI is InChI=1S/C25H51N3O3/c1-3-5-7-9-11-13-16-24(30)26-18-21-28(20-15-23-29)22-19-27-25(31)17-14-12-10-8-6-4-2/h29H,3-23H2,1-2H3,(H,26,30)(H,27,31). The fourth-order valence-corrected chi connectivity index (χ4v) is 3.65. The summed E-state index contributed by atoms with van der Waals surface area (Å²) in [6.07, 6.45) is 16.2. The van der Waals surface area contributed by atoms with Gasteiger partial charge in [0.25, 0.3) is 0 Å². The SMILES string of the molecule is CCCCCCCCC(=O)NCCN(CCCO)CCNC(=O)CCCCCCCC. The Bertz CT molecular complexity index is 385. The summed E-state index contributed by atoms with van der Waals surface area (Å²) in [6.45, 7) is 8.08. The predicted molar refractivity (Wildman–Crippen MR) is 130 cm³/mol. The quantitative estimate of drug-likeness (QED) is 0.205. The molecule has 6 nitrogen and oxygen atoms in total. The lowest BCUT2D eigenvalue weighted by Crippen LogP contribution is -2.40. The lowest BCUT2D eigenvalue weighted by molar-refractivity contribution is -0.121. The highest BCUT2D eigenvalue weighted by Crippen LogP contribution is 2.07. The van der Waals surface area contributed by atoms with Crippen LogP contribution in [-0.2, 0) is 9.59 Å². The van der Waals surface area contributed by atoms with Gasteiger partial charge in [0.1, 0.15) is 0 Å². The lowest BCUT2D eigenvalue weighted by Gasteiger charge is -2.22. The van der Waals surface area contributed by atoms with Gasteiger partial charge >= 0.3 is 0 Å². The summed E-state index contributed by atoms with van der Waals surface area (Å²) in [5.41, 5.74) is 0. The molecular formula is C25H51N3O3. The summed E-state index contributed by atoms with van der Waals surface area (Å²) in [7, 11) is 0. The van der Waals surface area contributed by atoms with Crippen LogP contribution in [0.2, 0.25) is 0 Å². The molecule has 0 fully saturated rings. The zero-order valence-corrected chi connectivity index (χ0v) is 20.6. The van der Waals surface area contributed by atoms with Gasteiger partial charge in [-0.05, 0) is 19.3 Å². The maximum absolute atomic E-state index is 12.0. The van der Waals surface area contributed by atoms with Gasteiger partial charge in [0, 0.05) is 52.2 Å². The number of carbonyl (C=O) groups is 2. The first-order chi connectivity index (χ1) is 15.1. The first-order valence-corrected chi connectivity index (χ1v) is 13.0. The Balaban J connectivity index is 3.84.